The molecule has 5 heteroatoms. The van der Waals surface area contributed by atoms with Crippen molar-refractivity contribution in [2.45, 2.75) is 12.8 Å². The number of nitrogens with zero attached hydrogens (tertiary/aromatic N) is 3. The third kappa shape index (κ3) is 2.76. The largest absolute Gasteiger partial charge is 0.381 e. The summed E-state index contributed by atoms with van der Waals surface area (Å²) in [6.45, 7) is 4.31. The predicted molar refractivity (Wildman–Crippen MR) is 78.1 cm³/mol. The Morgan fingerprint density at radius 1 is 1.11 bits per heavy atom. The Morgan fingerprint density at radius 2 is 1.79 bits per heavy atom. The number of hydrogen-bond acceptors (Lipinski definition) is 5. The molecule has 5 nitrogen and oxygen atoms in total. The van der Waals surface area contributed by atoms with Crippen LogP contribution in [-0.4, -0.2) is 41.0 Å². The Bertz CT molecular complexity index is 563. The third-order valence-corrected chi connectivity index (χ3v) is 3.52. The molecule has 0 saturated carbocycles. The first kappa shape index (κ1) is 12.2. The second kappa shape index (κ2) is 5.40. The molecule has 3 rings (SSSR count). The lowest BCUT2D eigenvalue weighted by atomic mass is 10.3. The van der Waals surface area contributed by atoms with E-state index < -0.39 is 0 Å². The van der Waals surface area contributed by atoms with Crippen molar-refractivity contribution in [2.75, 3.05) is 37.2 Å². The molecule has 1 aliphatic heterocycles. The maximum absolute atomic E-state index is 5.93. The van der Waals surface area contributed by atoms with Gasteiger partial charge in [0.1, 0.15) is 0 Å². The second-order valence-corrected chi connectivity index (χ2v) is 4.92. The van der Waals surface area contributed by atoms with Crippen molar-refractivity contribution in [3.05, 3.63) is 24.3 Å². The van der Waals surface area contributed by atoms with E-state index in [1.54, 1.807) is 0 Å². The van der Waals surface area contributed by atoms with E-state index in [2.05, 4.69) is 20.2 Å². The summed E-state index contributed by atoms with van der Waals surface area (Å²) >= 11 is 0. The van der Waals surface area contributed by atoms with E-state index in [-0.39, 0.29) is 0 Å². The highest BCUT2D eigenvalue weighted by Gasteiger charge is 2.11. The monoisotopic (exact) mass is 257 g/mol. The van der Waals surface area contributed by atoms with Gasteiger partial charge in [-0.05, 0) is 38.1 Å². The smallest absolute Gasteiger partial charge is 0.169 e. The molecule has 0 bridgehead atoms. The fraction of sp³-hybridized carbons (Fsp3) is 0.429. The number of aromatic nitrogens is 2. The summed E-state index contributed by atoms with van der Waals surface area (Å²) in [5.41, 5.74) is 7.64. The number of benzene rings is 1. The molecule has 0 spiro atoms. The van der Waals surface area contributed by atoms with Gasteiger partial charge in [0.25, 0.3) is 0 Å². The van der Waals surface area contributed by atoms with Crippen LogP contribution < -0.4 is 11.1 Å². The summed E-state index contributed by atoms with van der Waals surface area (Å²) < 4.78 is 0. The lowest BCUT2D eigenvalue weighted by molar-refractivity contribution is 0.352. The van der Waals surface area contributed by atoms with Gasteiger partial charge in [0.05, 0.1) is 11.0 Å². The lowest BCUT2D eigenvalue weighted by Crippen LogP contribution is -2.26. The minimum atomic E-state index is 0.472. The van der Waals surface area contributed by atoms with Gasteiger partial charge in [-0.25, -0.2) is 9.97 Å². The van der Waals surface area contributed by atoms with Crippen molar-refractivity contribution < 1.29 is 0 Å². The molecule has 1 fully saturated rings. The number of para-hydroxylation sites is 2. The van der Waals surface area contributed by atoms with Gasteiger partial charge < -0.3 is 16.0 Å². The third-order valence-electron chi connectivity index (χ3n) is 3.52. The molecule has 1 saturated heterocycles. The molecule has 0 aliphatic carbocycles. The van der Waals surface area contributed by atoms with E-state index in [0.717, 1.165) is 24.1 Å². The molecular weight excluding hydrogens is 238 g/mol. The van der Waals surface area contributed by atoms with Crippen LogP contribution >= 0.6 is 0 Å². The molecule has 2 heterocycles. The molecule has 0 radical (unpaired) electrons. The number of nitrogens with one attached hydrogen (secondary N) is 1. The van der Waals surface area contributed by atoms with Crippen LogP contribution in [0.15, 0.2) is 24.3 Å². The van der Waals surface area contributed by atoms with E-state index in [9.17, 15) is 0 Å². The number of likely N-dealkylation sites (tertiary alicyclic amines) is 1. The summed E-state index contributed by atoms with van der Waals surface area (Å²) in [4.78, 5) is 11.3. The second-order valence-electron chi connectivity index (χ2n) is 4.92. The fourth-order valence-corrected chi connectivity index (χ4v) is 2.48. The number of hydrogen-bond donors (Lipinski definition) is 2. The van der Waals surface area contributed by atoms with Gasteiger partial charge >= 0.3 is 0 Å². The van der Waals surface area contributed by atoms with Crippen molar-refractivity contribution in [3.63, 3.8) is 0 Å². The van der Waals surface area contributed by atoms with Crippen molar-refractivity contribution in [1.29, 1.82) is 0 Å². The molecule has 100 valence electrons. The summed E-state index contributed by atoms with van der Waals surface area (Å²) in [5.74, 6) is 1.16. The zero-order valence-corrected chi connectivity index (χ0v) is 11.0. The molecule has 19 heavy (non-hydrogen) atoms. The van der Waals surface area contributed by atoms with Crippen molar-refractivity contribution in [1.82, 2.24) is 14.9 Å². The highest BCUT2D eigenvalue weighted by atomic mass is 15.2. The Kier molecular flexibility index (Phi) is 3.46. The average Bonchev–Trinajstić information content (AvgIpc) is 2.92. The number of anilines is 2. The van der Waals surface area contributed by atoms with E-state index in [4.69, 9.17) is 5.73 Å². The van der Waals surface area contributed by atoms with E-state index in [1.165, 1.54) is 25.9 Å². The van der Waals surface area contributed by atoms with Crippen LogP contribution in [-0.2, 0) is 0 Å². The molecular formula is C14H19N5. The zero-order valence-electron chi connectivity index (χ0n) is 11.0. The van der Waals surface area contributed by atoms with Crippen molar-refractivity contribution in [3.8, 4) is 0 Å². The maximum atomic E-state index is 5.93. The van der Waals surface area contributed by atoms with Crippen LogP contribution in [0.2, 0.25) is 0 Å². The maximum Gasteiger partial charge on any atom is 0.169 e. The van der Waals surface area contributed by atoms with Crippen LogP contribution in [0.1, 0.15) is 12.8 Å². The van der Waals surface area contributed by atoms with Crippen LogP contribution in [0.5, 0.6) is 0 Å². The molecule has 0 atom stereocenters. The summed E-state index contributed by atoms with van der Waals surface area (Å²) in [5, 5.41) is 3.29. The predicted octanol–water partition coefficient (Wildman–Crippen LogP) is 1.72. The number of fused-ring (bicyclic) bond motifs is 1. The Morgan fingerprint density at radius 3 is 2.53 bits per heavy atom. The van der Waals surface area contributed by atoms with Crippen LogP contribution in [0.4, 0.5) is 11.6 Å². The van der Waals surface area contributed by atoms with Crippen LogP contribution in [0.25, 0.3) is 11.0 Å². The van der Waals surface area contributed by atoms with Gasteiger partial charge in [-0.3, -0.25) is 0 Å². The highest BCUT2D eigenvalue weighted by molar-refractivity contribution is 5.79. The van der Waals surface area contributed by atoms with Gasteiger partial charge in [-0.15, -0.1) is 0 Å². The Balaban J connectivity index is 1.67. The quantitative estimate of drug-likeness (QED) is 0.873. The minimum Gasteiger partial charge on any atom is -0.381 e. The van der Waals surface area contributed by atoms with Crippen molar-refractivity contribution in [2.24, 2.45) is 0 Å². The van der Waals surface area contributed by atoms with E-state index >= 15 is 0 Å². The summed E-state index contributed by atoms with van der Waals surface area (Å²) in [7, 11) is 0. The topological polar surface area (TPSA) is 67.1 Å². The number of nitrogens with two attached hydrogens (primary N) is 1. The average molecular weight is 257 g/mol. The molecule has 2 aromatic rings. The van der Waals surface area contributed by atoms with Crippen molar-refractivity contribution >= 4 is 22.7 Å². The van der Waals surface area contributed by atoms with Gasteiger partial charge in [0.15, 0.2) is 11.6 Å². The molecule has 0 unspecified atom stereocenters. The standard InChI is InChI=1S/C14H19N5/c15-13-14(16-7-10-19-8-3-4-9-19)18-12-6-2-1-5-11(12)17-13/h1-2,5-6H,3-4,7-10H2,(H2,15,17)(H,16,18). The Labute approximate surface area is 112 Å². The van der Waals surface area contributed by atoms with E-state index in [0.29, 0.717) is 11.6 Å². The Hall–Kier alpha value is -1.88. The first-order valence-electron chi connectivity index (χ1n) is 6.81. The normalized spacial score (nSPS) is 16.0. The van der Waals surface area contributed by atoms with Gasteiger partial charge in [0, 0.05) is 13.1 Å². The SMILES string of the molecule is Nc1nc2ccccc2nc1NCCN1CCCC1. The molecule has 1 aliphatic rings. The van der Waals surface area contributed by atoms with E-state index in [1.807, 2.05) is 24.3 Å². The highest BCUT2D eigenvalue weighted by Crippen LogP contribution is 2.18. The summed E-state index contributed by atoms with van der Waals surface area (Å²) in [6.07, 6.45) is 2.63. The first-order chi connectivity index (χ1) is 9.33. The lowest BCUT2D eigenvalue weighted by Gasteiger charge is -2.15. The van der Waals surface area contributed by atoms with Gasteiger partial charge in [0.2, 0.25) is 0 Å². The molecule has 0 amide bonds. The first-order valence-corrected chi connectivity index (χ1v) is 6.81. The van der Waals surface area contributed by atoms with Crippen LogP contribution in [0, 0.1) is 0 Å². The molecule has 1 aromatic heterocycles. The van der Waals surface area contributed by atoms with Gasteiger partial charge in [-0.2, -0.15) is 0 Å². The fourth-order valence-electron chi connectivity index (χ4n) is 2.48. The molecule has 3 N–H and O–H groups in total. The minimum absolute atomic E-state index is 0.472. The number of nitrogen functional groups attached to an aromatic ring is 1. The van der Waals surface area contributed by atoms with Crippen LogP contribution in [0.3, 0.4) is 0 Å². The summed E-state index contributed by atoms with van der Waals surface area (Å²) in [6, 6.07) is 7.78. The zero-order chi connectivity index (χ0) is 13.1. The molecule has 1 aromatic carbocycles. The number of rotatable bonds is 4. The van der Waals surface area contributed by atoms with Gasteiger partial charge in [-0.1, -0.05) is 12.1 Å².